The number of aryl methyl sites for hydroxylation is 1. The molecule has 1 aromatic heterocycles. The number of nitrogens with zero attached hydrogens (tertiary/aromatic N) is 2. The molecule has 1 aliphatic rings. The zero-order chi connectivity index (χ0) is 15.2. The Hall–Kier alpha value is -1.91. The highest BCUT2D eigenvalue weighted by Crippen LogP contribution is 2.14. The molecule has 0 saturated carbocycles. The van der Waals surface area contributed by atoms with Crippen LogP contribution < -0.4 is 5.32 Å². The summed E-state index contributed by atoms with van der Waals surface area (Å²) >= 11 is 0. The van der Waals surface area contributed by atoms with Crippen LogP contribution in [0.5, 0.6) is 0 Å². The van der Waals surface area contributed by atoms with E-state index in [1.807, 2.05) is 30.9 Å². The van der Waals surface area contributed by atoms with Gasteiger partial charge in [-0.05, 0) is 38.3 Å². The summed E-state index contributed by atoms with van der Waals surface area (Å²) < 4.78 is 0. The maximum absolute atomic E-state index is 12.4. The zero-order valence-electron chi connectivity index (χ0n) is 12.8. The van der Waals surface area contributed by atoms with Gasteiger partial charge in [-0.15, -0.1) is 0 Å². The molecule has 0 aromatic carbocycles. The highest BCUT2D eigenvalue weighted by atomic mass is 16.2. The third-order valence-electron chi connectivity index (χ3n) is 3.71. The molecule has 114 valence electrons. The molecular formula is C16H23N3O2. The fourth-order valence-electron chi connectivity index (χ4n) is 2.58. The van der Waals surface area contributed by atoms with Crippen molar-refractivity contribution in [2.24, 2.45) is 0 Å². The number of nitrogens with one attached hydrogen (secondary N) is 1. The van der Waals surface area contributed by atoms with Crippen molar-refractivity contribution in [2.75, 3.05) is 13.1 Å². The number of amides is 2. The summed E-state index contributed by atoms with van der Waals surface area (Å²) in [7, 11) is 0. The third kappa shape index (κ3) is 4.28. The molecular weight excluding hydrogens is 266 g/mol. The van der Waals surface area contributed by atoms with Gasteiger partial charge in [0, 0.05) is 37.4 Å². The molecule has 0 radical (unpaired) electrons. The van der Waals surface area contributed by atoms with Gasteiger partial charge in [-0.2, -0.15) is 0 Å². The quantitative estimate of drug-likeness (QED) is 0.921. The molecule has 2 rings (SSSR count). The predicted molar refractivity (Wildman–Crippen MR) is 81.0 cm³/mol. The van der Waals surface area contributed by atoms with Crippen LogP contribution >= 0.6 is 0 Å². The van der Waals surface area contributed by atoms with Gasteiger partial charge in [0.15, 0.2) is 0 Å². The molecule has 1 atom stereocenters. The first-order chi connectivity index (χ1) is 10.1. The SMILES string of the molecule is CCCC(=O)N[C@@H]1CCCN(C(=O)c2ccc(C)nc2)C1. The smallest absolute Gasteiger partial charge is 0.255 e. The zero-order valence-corrected chi connectivity index (χ0v) is 12.8. The number of carbonyl (C=O) groups excluding carboxylic acids is 2. The van der Waals surface area contributed by atoms with Crippen LogP contribution in [0, 0.1) is 6.92 Å². The van der Waals surface area contributed by atoms with Crippen LogP contribution in [0.25, 0.3) is 0 Å². The Morgan fingerprint density at radius 1 is 1.43 bits per heavy atom. The van der Waals surface area contributed by atoms with E-state index in [1.165, 1.54) is 0 Å². The molecule has 1 fully saturated rings. The average molecular weight is 289 g/mol. The van der Waals surface area contributed by atoms with E-state index in [-0.39, 0.29) is 17.9 Å². The number of hydrogen-bond acceptors (Lipinski definition) is 3. The maximum Gasteiger partial charge on any atom is 0.255 e. The molecule has 0 bridgehead atoms. The molecule has 0 aliphatic carbocycles. The first-order valence-corrected chi connectivity index (χ1v) is 7.61. The van der Waals surface area contributed by atoms with Crippen molar-refractivity contribution in [3.05, 3.63) is 29.6 Å². The summed E-state index contributed by atoms with van der Waals surface area (Å²) in [5.74, 6) is 0.0748. The molecule has 1 aromatic rings. The molecule has 1 aliphatic heterocycles. The lowest BCUT2D eigenvalue weighted by Crippen LogP contribution is -2.49. The molecule has 0 unspecified atom stereocenters. The molecule has 5 nitrogen and oxygen atoms in total. The normalized spacial score (nSPS) is 18.4. The standard InChI is InChI=1S/C16H23N3O2/c1-3-5-15(20)18-14-6-4-9-19(11-14)16(21)13-8-7-12(2)17-10-13/h7-8,10,14H,3-6,9,11H2,1-2H3,(H,18,20)/t14-/m1/s1. The van der Waals surface area contributed by atoms with E-state index in [9.17, 15) is 9.59 Å². The summed E-state index contributed by atoms with van der Waals surface area (Å²) in [5.41, 5.74) is 1.51. The summed E-state index contributed by atoms with van der Waals surface area (Å²) in [6.45, 7) is 5.21. The van der Waals surface area contributed by atoms with Crippen LogP contribution in [0.4, 0.5) is 0 Å². The molecule has 0 spiro atoms. The summed E-state index contributed by atoms with van der Waals surface area (Å²) in [4.78, 5) is 30.1. The maximum atomic E-state index is 12.4. The second-order valence-electron chi connectivity index (χ2n) is 5.60. The van der Waals surface area contributed by atoms with E-state index in [0.29, 0.717) is 18.5 Å². The van der Waals surface area contributed by atoms with Crippen molar-refractivity contribution in [1.82, 2.24) is 15.2 Å². The van der Waals surface area contributed by atoms with Gasteiger partial charge in [-0.3, -0.25) is 14.6 Å². The first-order valence-electron chi connectivity index (χ1n) is 7.61. The van der Waals surface area contributed by atoms with Crippen molar-refractivity contribution in [3.8, 4) is 0 Å². The highest BCUT2D eigenvalue weighted by Gasteiger charge is 2.25. The largest absolute Gasteiger partial charge is 0.352 e. The van der Waals surface area contributed by atoms with E-state index in [1.54, 1.807) is 6.20 Å². The molecule has 5 heteroatoms. The van der Waals surface area contributed by atoms with Crippen molar-refractivity contribution in [1.29, 1.82) is 0 Å². The Morgan fingerprint density at radius 3 is 2.90 bits per heavy atom. The Morgan fingerprint density at radius 2 is 2.24 bits per heavy atom. The van der Waals surface area contributed by atoms with E-state index in [0.717, 1.165) is 31.5 Å². The molecule has 2 amide bonds. The van der Waals surface area contributed by atoms with Crippen LogP contribution in [-0.2, 0) is 4.79 Å². The minimum Gasteiger partial charge on any atom is -0.352 e. The number of carbonyl (C=O) groups is 2. The fourth-order valence-corrected chi connectivity index (χ4v) is 2.58. The summed E-state index contributed by atoms with van der Waals surface area (Å²) in [6.07, 6.45) is 4.87. The predicted octanol–water partition coefficient (Wildman–Crippen LogP) is 1.91. The first kappa shape index (κ1) is 15.5. The summed E-state index contributed by atoms with van der Waals surface area (Å²) in [6, 6.07) is 3.72. The monoisotopic (exact) mass is 289 g/mol. The number of likely N-dealkylation sites (tertiary alicyclic amines) is 1. The van der Waals surface area contributed by atoms with Gasteiger partial charge < -0.3 is 10.2 Å². The molecule has 21 heavy (non-hydrogen) atoms. The van der Waals surface area contributed by atoms with Gasteiger partial charge in [-0.25, -0.2) is 0 Å². The number of rotatable bonds is 4. The number of aromatic nitrogens is 1. The topological polar surface area (TPSA) is 62.3 Å². The Labute approximate surface area is 125 Å². The minimum atomic E-state index is -0.00283. The van der Waals surface area contributed by atoms with Crippen LogP contribution in [0.3, 0.4) is 0 Å². The lowest BCUT2D eigenvalue weighted by molar-refractivity contribution is -0.122. The van der Waals surface area contributed by atoms with Crippen LogP contribution in [0.15, 0.2) is 18.3 Å². The van der Waals surface area contributed by atoms with Crippen molar-refractivity contribution >= 4 is 11.8 Å². The lowest BCUT2D eigenvalue weighted by atomic mass is 10.0. The fraction of sp³-hybridized carbons (Fsp3) is 0.562. The lowest BCUT2D eigenvalue weighted by Gasteiger charge is -2.33. The van der Waals surface area contributed by atoms with Crippen LogP contribution in [-0.4, -0.2) is 40.8 Å². The van der Waals surface area contributed by atoms with Gasteiger partial charge in [0.05, 0.1) is 5.56 Å². The average Bonchev–Trinajstić information content (AvgIpc) is 2.48. The minimum absolute atomic E-state index is 0.00283. The van der Waals surface area contributed by atoms with Gasteiger partial charge in [0.1, 0.15) is 0 Å². The Bertz CT molecular complexity index is 499. The third-order valence-corrected chi connectivity index (χ3v) is 3.71. The van der Waals surface area contributed by atoms with Gasteiger partial charge in [-0.1, -0.05) is 6.92 Å². The summed E-state index contributed by atoms with van der Waals surface area (Å²) in [5, 5.41) is 3.02. The van der Waals surface area contributed by atoms with Gasteiger partial charge >= 0.3 is 0 Å². The van der Waals surface area contributed by atoms with Crippen molar-refractivity contribution < 1.29 is 9.59 Å². The van der Waals surface area contributed by atoms with E-state index in [2.05, 4.69) is 10.3 Å². The molecule has 2 heterocycles. The Balaban J connectivity index is 1.95. The van der Waals surface area contributed by atoms with Crippen LogP contribution in [0.1, 0.15) is 48.7 Å². The van der Waals surface area contributed by atoms with E-state index in [4.69, 9.17) is 0 Å². The second-order valence-corrected chi connectivity index (χ2v) is 5.60. The molecule has 1 N–H and O–H groups in total. The molecule has 1 saturated heterocycles. The van der Waals surface area contributed by atoms with E-state index >= 15 is 0 Å². The highest BCUT2D eigenvalue weighted by molar-refractivity contribution is 5.94. The number of hydrogen-bond donors (Lipinski definition) is 1. The van der Waals surface area contributed by atoms with E-state index < -0.39 is 0 Å². The van der Waals surface area contributed by atoms with Crippen LogP contribution in [0.2, 0.25) is 0 Å². The van der Waals surface area contributed by atoms with Crippen molar-refractivity contribution in [2.45, 2.75) is 45.6 Å². The number of pyridine rings is 1. The second kappa shape index (κ2) is 7.20. The van der Waals surface area contributed by atoms with Gasteiger partial charge in [0.25, 0.3) is 5.91 Å². The Kier molecular flexibility index (Phi) is 5.31. The van der Waals surface area contributed by atoms with Crippen molar-refractivity contribution in [3.63, 3.8) is 0 Å². The number of piperidine rings is 1. The van der Waals surface area contributed by atoms with Gasteiger partial charge in [0.2, 0.25) is 5.91 Å².